The van der Waals surface area contributed by atoms with Crippen LogP contribution >= 0.6 is 0 Å². The Morgan fingerprint density at radius 2 is 1.58 bits per heavy atom. The van der Waals surface area contributed by atoms with Crippen LogP contribution in [0.3, 0.4) is 0 Å². The van der Waals surface area contributed by atoms with Crippen molar-refractivity contribution in [3.8, 4) is 0 Å². The van der Waals surface area contributed by atoms with Gasteiger partial charge in [-0.1, -0.05) is 5.21 Å². The third-order valence-electron chi connectivity index (χ3n) is 5.04. The Labute approximate surface area is 206 Å². The zero-order valence-electron chi connectivity index (χ0n) is 19.8. The number of alkyl halides is 1. The maximum absolute atomic E-state index is 12.2. The summed E-state index contributed by atoms with van der Waals surface area (Å²) in [6.45, 7) is 0.382. The van der Waals surface area contributed by atoms with Crippen LogP contribution in [0.1, 0.15) is 57.1 Å². The highest BCUT2D eigenvalue weighted by Gasteiger charge is 2.24. The van der Waals surface area contributed by atoms with E-state index in [9.17, 15) is 33.5 Å². The smallest absolute Gasteiger partial charge is 0.326 e. The van der Waals surface area contributed by atoms with Gasteiger partial charge in [0.15, 0.2) is 0 Å². The lowest BCUT2D eigenvalue weighted by Crippen LogP contribution is -2.51. The van der Waals surface area contributed by atoms with Crippen LogP contribution < -0.4 is 16.0 Å². The molecule has 1 heterocycles. The number of aliphatic carboxylic acids is 3. The highest BCUT2D eigenvalue weighted by molar-refractivity contribution is 5.86. The monoisotopic (exact) mass is 516 g/mol. The SMILES string of the molecule is O=C(O)CC[C@H](NC(=O)N[C@@H](CCCCNC(=O)CCCn1cc(CCCF)nn1)C(=O)O)C(=O)O. The molecule has 0 aliphatic carbocycles. The van der Waals surface area contributed by atoms with Crippen molar-refractivity contribution in [3.63, 3.8) is 0 Å². The Balaban J connectivity index is 2.26. The largest absolute Gasteiger partial charge is 0.481 e. The second-order valence-corrected chi connectivity index (χ2v) is 8.05. The normalized spacial score (nSPS) is 12.4. The molecule has 202 valence electrons. The molecule has 0 saturated carbocycles. The standard InChI is InChI=1S/C21H33FN6O8/c22-10-3-5-14-13-28(27-26-14)12-4-7-17(29)23-11-2-1-6-15(19(32)33)24-21(36)25-16(20(34)35)8-9-18(30)31/h13,15-16H,1-12H2,(H,23,29)(H,30,31)(H,32,33)(H,34,35)(H2,24,25,36)/t15-,16-/m0/s1. The Morgan fingerprint density at radius 1 is 0.917 bits per heavy atom. The lowest BCUT2D eigenvalue weighted by atomic mass is 10.1. The summed E-state index contributed by atoms with van der Waals surface area (Å²) in [6.07, 6.45) is 3.43. The van der Waals surface area contributed by atoms with Gasteiger partial charge in [0.05, 0.1) is 12.4 Å². The molecule has 14 nitrogen and oxygen atoms in total. The lowest BCUT2D eigenvalue weighted by Gasteiger charge is -2.18. The molecule has 0 aromatic carbocycles. The summed E-state index contributed by atoms with van der Waals surface area (Å²) in [7, 11) is 0. The highest BCUT2D eigenvalue weighted by Crippen LogP contribution is 2.04. The Kier molecular flexibility index (Phi) is 14.1. The molecule has 3 amide bonds. The molecule has 0 saturated heterocycles. The number of aryl methyl sites for hydroxylation is 2. The molecule has 36 heavy (non-hydrogen) atoms. The Morgan fingerprint density at radius 3 is 2.19 bits per heavy atom. The van der Waals surface area contributed by atoms with E-state index in [1.807, 2.05) is 0 Å². The van der Waals surface area contributed by atoms with Crippen LogP contribution in [0, 0.1) is 0 Å². The van der Waals surface area contributed by atoms with Gasteiger partial charge in [0.1, 0.15) is 12.1 Å². The number of hydrogen-bond donors (Lipinski definition) is 6. The van der Waals surface area contributed by atoms with Crippen molar-refractivity contribution in [2.45, 2.75) is 76.4 Å². The molecule has 0 unspecified atom stereocenters. The number of nitrogens with zero attached hydrogens (tertiary/aromatic N) is 3. The number of carboxylic acids is 3. The number of aromatic nitrogens is 3. The van der Waals surface area contributed by atoms with Gasteiger partial charge >= 0.3 is 23.9 Å². The van der Waals surface area contributed by atoms with Crippen LogP contribution in [-0.4, -0.2) is 85.5 Å². The first-order chi connectivity index (χ1) is 17.1. The highest BCUT2D eigenvalue weighted by atomic mass is 19.1. The van der Waals surface area contributed by atoms with Crippen LogP contribution in [0.4, 0.5) is 9.18 Å². The Hall–Kier alpha value is -3.78. The molecule has 0 bridgehead atoms. The number of halogens is 1. The zero-order chi connectivity index (χ0) is 26.9. The van der Waals surface area contributed by atoms with Crippen molar-refractivity contribution in [1.29, 1.82) is 0 Å². The summed E-state index contributed by atoms with van der Waals surface area (Å²) in [6, 6.07) is -3.79. The molecule has 1 aromatic heterocycles. The number of rotatable bonds is 19. The summed E-state index contributed by atoms with van der Waals surface area (Å²) < 4.78 is 13.8. The average molecular weight is 517 g/mol. The number of nitrogens with one attached hydrogen (secondary N) is 3. The van der Waals surface area contributed by atoms with E-state index in [-0.39, 0.29) is 25.2 Å². The third-order valence-corrected chi connectivity index (χ3v) is 5.04. The summed E-state index contributed by atoms with van der Waals surface area (Å²) in [5, 5.41) is 41.8. The first kappa shape index (κ1) is 30.3. The van der Waals surface area contributed by atoms with Gasteiger partial charge in [-0.05, 0) is 44.9 Å². The first-order valence-corrected chi connectivity index (χ1v) is 11.6. The number of unbranched alkanes of at least 4 members (excludes halogenated alkanes) is 1. The number of urea groups is 1. The minimum Gasteiger partial charge on any atom is -0.481 e. The molecular formula is C21H33FN6O8. The fourth-order valence-electron chi connectivity index (χ4n) is 3.14. The van der Waals surface area contributed by atoms with E-state index < -0.39 is 49.1 Å². The number of amides is 3. The summed E-state index contributed by atoms with van der Waals surface area (Å²) in [4.78, 5) is 57.0. The molecule has 1 aromatic rings. The fraction of sp³-hybridized carbons (Fsp3) is 0.667. The van der Waals surface area contributed by atoms with Crippen molar-refractivity contribution in [3.05, 3.63) is 11.9 Å². The molecule has 6 N–H and O–H groups in total. The quantitative estimate of drug-likeness (QED) is 0.138. The topological polar surface area (TPSA) is 213 Å². The fourth-order valence-corrected chi connectivity index (χ4v) is 3.14. The molecule has 1 rings (SSSR count). The maximum atomic E-state index is 12.2. The van der Waals surface area contributed by atoms with Gasteiger partial charge in [0, 0.05) is 32.1 Å². The predicted octanol–water partition coefficient (Wildman–Crippen LogP) is 0.317. The second-order valence-electron chi connectivity index (χ2n) is 8.05. The van der Waals surface area contributed by atoms with Gasteiger partial charge in [-0.2, -0.15) is 0 Å². The zero-order valence-corrected chi connectivity index (χ0v) is 19.8. The lowest BCUT2D eigenvalue weighted by molar-refractivity contribution is -0.140. The van der Waals surface area contributed by atoms with Crippen molar-refractivity contribution < 1.29 is 43.7 Å². The molecule has 0 spiro atoms. The molecule has 0 aliphatic heterocycles. The van der Waals surface area contributed by atoms with Crippen LogP contribution in [0.15, 0.2) is 6.20 Å². The minimum absolute atomic E-state index is 0.0442. The average Bonchev–Trinajstić information content (AvgIpc) is 3.26. The van der Waals surface area contributed by atoms with Gasteiger partial charge in [-0.25, -0.2) is 14.4 Å². The molecular weight excluding hydrogens is 483 g/mol. The van der Waals surface area contributed by atoms with Crippen LogP contribution in [0.2, 0.25) is 0 Å². The minimum atomic E-state index is -1.47. The van der Waals surface area contributed by atoms with Crippen molar-refractivity contribution in [2.75, 3.05) is 13.2 Å². The van der Waals surface area contributed by atoms with Crippen LogP contribution in [0.5, 0.6) is 0 Å². The number of carbonyl (C=O) groups is 5. The molecule has 2 atom stereocenters. The molecule has 0 radical (unpaired) electrons. The van der Waals surface area contributed by atoms with Gasteiger partial charge < -0.3 is 31.3 Å². The van der Waals surface area contributed by atoms with Gasteiger partial charge in [0.2, 0.25) is 5.91 Å². The molecule has 0 fully saturated rings. The van der Waals surface area contributed by atoms with E-state index in [4.69, 9.17) is 10.2 Å². The Bertz CT molecular complexity index is 880. The first-order valence-electron chi connectivity index (χ1n) is 11.6. The third kappa shape index (κ3) is 13.2. The summed E-state index contributed by atoms with van der Waals surface area (Å²) >= 11 is 0. The maximum Gasteiger partial charge on any atom is 0.326 e. The predicted molar refractivity (Wildman–Crippen MR) is 122 cm³/mol. The van der Waals surface area contributed by atoms with Crippen molar-refractivity contribution in [2.24, 2.45) is 0 Å². The van der Waals surface area contributed by atoms with E-state index in [0.29, 0.717) is 50.9 Å². The molecule has 0 aliphatic rings. The number of carboxylic acid groups (broad SMARTS) is 3. The van der Waals surface area contributed by atoms with E-state index in [1.54, 1.807) is 10.9 Å². The molecule has 15 heteroatoms. The van der Waals surface area contributed by atoms with E-state index in [2.05, 4.69) is 26.3 Å². The summed E-state index contributed by atoms with van der Waals surface area (Å²) in [5.41, 5.74) is 0.698. The summed E-state index contributed by atoms with van der Waals surface area (Å²) in [5.74, 6) is -4.16. The number of hydrogen-bond acceptors (Lipinski definition) is 7. The van der Waals surface area contributed by atoms with Crippen LogP contribution in [-0.2, 0) is 32.1 Å². The van der Waals surface area contributed by atoms with Crippen molar-refractivity contribution in [1.82, 2.24) is 30.9 Å². The van der Waals surface area contributed by atoms with Crippen LogP contribution in [0.25, 0.3) is 0 Å². The van der Waals surface area contributed by atoms with Gasteiger partial charge in [0.25, 0.3) is 0 Å². The van der Waals surface area contributed by atoms with Gasteiger partial charge in [-0.15, -0.1) is 5.10 Å². The number of carbonyl (C=O) groups excluding carboxylic acids is 2. The van der Waals surface area contributed by atoms with E-state index in [1.165, 1.54) is 0 Å². The second kappa shape index (κ2) is 16.8. The van der Waals surface area contributed by atoms with Crippen molar-refractivity contribution >= 4 is 29.8 Å². The van der Waals surface area contributed by atoms with Gasteiger partial charge in [-0.3, -0.25) is 18.7 Å². The van der Waals surface area contributed by atoms with E-state index in [0.717, 1.165) is 0 Å². The van der Waals surface area contributed by atoms with E-state index >= 15 is 0 Å².